The summed E-state index contributed by atoms with van der Waals surface area (Å²) in [6, 6.07) is 0. The Hall–Kier alpha value is 0.0649. The standard InChI is InChI=1S/C2H6B.4CH4/c1-3-2;;;;/h1-2H3;4*1H4. The average Bonchev–Trinajstić information content (AvgIpc) is 0.918. The number of hydrogen-bond donors (Lipinski definition) is 0. The van der Waals surface area contributed by atoms with E-state index in [0.29, 0.717) is 0 Å². The lowest BCUT2D eigenvalue weighted by Gasteiger charge is -1.41. The largest absolute Gasteiger partial charge is 0.102 e. The summed E-state index contributed by atoms with van der Waals surface area (Å²) in [5, 5.41) is 0. The van der Waals surface area contributed by atoms with Gasteiger partial charge in [-0.1, -0.05) is 43.4 Å². The van der Waals surface area contributed by atoms with Crippen LogP contribution in [-0.4, -0.2) is 7.28 Å². The average molecular weight is 105 g/mol. The van der Waals surface area contributed by atoms with E-state index in [1.165, 1.54) is 0 Å². The first-order valence-electron chi connectivity index (χ1n) is 1.15. The molecule has 0 amide bonds. The first-order valence-corrected chi connectivity index (χ1v) is 1.15. The molecule has 0 nitrogen and oxygen atoms in total. The van der Waals surface area contributed by atoms with Crippen molar-refractivity contribution in [3.63, 3.8) is 0 Å². The van der Waals surface area contributed by atoms with Crippen LogP contribution in [0.3, 0.4) is 0 Å². The van der Waals surface area contributed by atoms with Crippen LogP contribution in [0.1, 0.15) is 29.7 Å². The van der Waals surface area contributed by atoms with Gasteiger partial charge in [-0.15, -0.1) is 0 Å². The van der Waals surface area contributed by atoms with E-state index in [2.05, 4.69) is 0 Å². The highest BCUT2D eigenvalue weighted by Crippen LogP contribution is 1.36. The van der Waals surface area contributed by atoms with Crippen molar-refractivity contribution < 1.29 is 0 Å². The quantitative estimate of drug-likeness (QED) is 0.414. The van der Waals surface area contributed by atoms with Crippen LogP contribution in [0.2, 0.25) is 13.6 Å². The van der Waals surface area contributed by atoms with E-state index in [9.17, 15) is 0 Å². The fraction of sp³-hybridized carbons (Fsp3) is 1.00. The molecular weight excluding hydrogens is 82.9 g/mol. The monoisotopic (exact) mass is 105 g/mol. The molecule has 0 spiro atoms. The minimum atomic E-state index is 0. The Kier molecular flexibility index (Phi) is 1190. The molecule has 0 unspecified atom stereocenters. The van der Waals surface area contributed by atoms with Crippen molar-refractivity contribution in [2.45, 2.75) is 43.4 Å². The Morgan fingerprint density at radius 3 is 0.714 bits per heavy atom. The van der Waals surface area contributed by atoms with Crippen molar-refractivity contribution >= 4 is 7.28 Å². The molecule has 0 aromatic heterocycles. The SMILES string of the molecule is C.C.C.C.C[B]C. The second kappa shape index (κ2) is 137. The molecule has 1 radical (unpaired) electrons. The van der Waals surface area contributed by atoms with Crippen LogP contribution in [0.15, 0.2) is 0 Å². The van der Waals surface area contributed by atoms with Gasteiger partial charge in [-0.25, -0.2) is 0 Å². The minimum Gasteiger partial charge on any atom is -0.0922 e. The van der Waals surface area contributed by atoms with Gasteiger partial charge in [0.05, 0.1) is 0 Å². The van der Waals surface area contributed by atoms with Crippen LogP contribution in [0.4, 0.5) is 0 Å². The van der Waals surface area contributed by atoms with E-state index in [4.69, 9.17) is 0 Å². The smallest absolute Gasteiger partial charge is 0.0922 e. The molecule has 0 aliphatic carbocycles. The van der Waals surface area contributed by atoms with Crippen LogP contribution >= 0.6 is 0 Å². The second-order valence-electron chi connectivity index (χ2n) is 0.577. The van der Waals surface area contributed by atoms with Crippen molar-refractivity contribution in [2.24, 2.45) is 0 Å². The van der Waals surface area contributed by atoms with Crippen molar-refractivity contribution in [3.8, 4) is 0 Å². The Balaban J connectivity index is -0.00000000333. The maximum Gasteiger partial charge on any atom is 0.102 e. The van der Waals surface area contributed by atoms with E-state index in [0.717, 1.165) is 0 Å². The van der Waals surface area contributed by atoms with E-state index in [1.54, 1.807) is 0 Å². The summed E-state index contributed by atoms with van der Waals surface area (Å²) in [4.78, 5) is 0. The first kappa shape index (κ1) is 60.9. The Morgan fingerprint density at radius 2 is 0.714 bits per heavy atom. The molecule has 0 aromatic carbocycles. The van der Waals surface area contributed by atoms with Gasteiger partial charge in [-0.05, 0) is 0 Å². The highest BCUT2D eigenvalue weighted by atomic mass is 12.9. The molecule has 0 aliphatic heterocycles. The summed E-state index contributed by atoms with van der Waals surface area (Å²) in [6.07, 6.45) is 0. The highest BCUT2D eigenvalue weighted by Gasteiger charge is 1.42. The van der Waals surface area contributed by atoms with Crippen LogP contribution in [-0.2, 0) is 0 Å². The lowest BCUT2D eigenvalue weighted by Crippen LogP contribution is -1.53. The van der Waals surface area contributed by atoms with Gasteiger partial charge in [0.1, 0.15) is 7.28 Å². The van der Waals surface area contributed by atoms with Gasteiger partial charge in [-0.3, -0.25) is 0 Å². The highest BCUT2D eigenvalue weighted by molar-refractivity contribution is 6.31. The van der Waals surface area contributed by atoms with E-state index in [1.807, 2.05) is 20.9 Å². The van der Waals surface area contributed by atoms with Crippen molar-refractivity contribution in [1.82, 2.24) is 0 Å². The topological polar surface area (TPSA) is 0 Å². The van der Waals surface area contributed by atoms with Gasteiger partial charge in [0.15, 0.2) is 0 Å². The third kappa shape index (κ3) is 23800. The molecule has 0 bridgehead atoms. The molecule has 0 rings (SSSR count). The zero-order valence-corrected chi connectivity index (χ0v) is 2.58. The maximum atomic E-state index is 2.00. The Bertz CT molecular complexity index is 4.14. The van der Waals surface area contributed by atoms with Crippen LogP contribution in [0.25, 0.3) is 0 Å². The molecule has 7 heavy (non-hydrogen) atoms. The van der Waals surface area contributed by atoms with Gasteiger partial charge in [-0.2, -0.15) is 0 Å². The summed E-state index contributed by atoms with van der Waals surface area (Å²) < 4.78 is 0. The molecule has 0 aromatic rings. The van der Waals surface area contributed by atoms with Crippen LogP contribution in [0, 0.1) is 0 Å². The fourth-order valence-electron chi connectivity index (χ4n) is 0. The summed E-state index contributed by atoms with van der Waals surface area (Å²) in [5.74, 6) is 0. The molecule has 0 atom stereocenters. The number of hydrogen-bond acceptors (Lipinski definition) is 0. The third-order valence-electron chi connectivity index (χ3n) is 0. The Labute approximate surface area is 51.6 Å². The summed E-state index contributed by atoms with van der Waals surface area (Å²) in [7, 11) is 2.00. The van der Waals surface area contributed by atoms with Gasteiger partial charge in [0.25, 0.3) is 0 Å². The van der Waals surface area contributed by atoms with Crippen molar-refractivity contribution in [3.05, 3.63) is 0 Å². The first-order chi connectivity index (χ1) is 1.41. The second-order valence-corrected chi connectivity index (χ2v) is 0.577. The fourth-order valence-corrected chi connectivity index (χ4v) is 0. The van der Waals surface area contributed by atoms with Crippen molar-refractivity contribution in [1.29, 1.82) is 0 Å². The van der Waals surface area contributed by atoms with Gasteiger partial charge < -0.3 is 0 Å². The lowest BCUT2D eigenvalue weighted by molar-refractivity contribution is 2.14. The summed E-state index contributed by atoms with van der Waals surface area (Å²) in [6.45, 7) is 4.00. The van der Waals surface area contributed by atoms with Crippen LogP contribution in [0.5, 0.6) is 0 Å². The van der Waals surface area contributed by atoms with E-state index >= 15 is 0 Å². The Morgan fingerprint density at radius 1 is 0.714 bits per heavy atom. The van der Waals surface area contributed by atoms with E-state index < -0.39 is 0 Å². The van der Waals surface area contributed by atoms with Gasteiger partial charge >= 0.3 is 0 Å². The molecule has 0 saturated heterocycles. The lowest BCUT2D eigenvalue weighted by atomic mass is 9.88. The van der Waals surface area contributed by atoms with Gasteiger partial charge in [0, 0.05) is 0 Å². The maximum absolute atomic E-state index is 2.00. The molecule has 0 aliphatic rings. The molecule has 0 heterocycles. The number of rotatable bonds is 0. The molecule has 49 valence electrons. The zero-order valence-electron chi connectivity index (χ0n) is 2.58. The molecule has 0 fully saturated rings. The predicted octanol–water partition coefficient (Wildman–Crippen LogP) is 3.33. The summed E-state index contributed by atoms with van der Waals surface area (Å²) in [5.41, 5.74) is 0. The zero-order chi connectivity index (χ0) is 2.71. The normalized spacial score (nSPS) is 2.00. The predicted molar refractivity (Wildman–Crippen MR) is 44.4 cm³/mol. The summed E-state index contributed by atoms with van der Waals surface area (Å²) >= 11 is 0. The third-order valence-corrected chi connectivity index (χ3v) is 0. The van der Waals surface area contributed by atoms with E-state index in [-0.39, 0.29) is 29.7 Å². The molecular formula is C6H22B. The van der Waals surface area contributed by atoms with Crippen molar-refractivity contribution in [2.75, 3.05) is 0 Å². The van der Waals surface area contributed by atoms with Gasteiger partial charge in [0.2, 0.25) is 0 Å². The molecule has 0 N–H and O–H groups in total. The van der Waals surface area contributed by atoms with Crippen LogP contribution < -0.4 is 0 Å². The minimum absolute atomic E-state index is 0. The molecule has 0 saturated carbocycles. The molecule has 1 heteroatoms.